The van der Waals surface area contributed by atoms with Gasteiger partial charge < -0.3 is 10.5 Å². The number of hydrogen-bond acceptors (Lipinski definition) is 5. The molecular formula is C33H45N3O2. The van der Waals surface area contributed by atoms with Gasteiger partial charge in [-0.3, -0.25) is 4.79 Å². The van der Waals surface area contributed by atoms with Gasteiger partial charge in [-0.15, -0.1) is 0 Å². The van der Waals surface area contributed by atoms with Gasteiger partial charge in [-0.25, -0.2) is 9.97 Å². The van der Waals surface area contributed by atoms with Gasteiger partial charge in [0.25, 0.3) is 0 Å². The molecule has 1 aromatic heterocycles. The Bertz CT molecular complexity index is 1120. The van der Waals surface area contributed by atoms with Crippen molar-refractivity contribution in [3.05, 3.63) is 72.1 Å². The van der Waals surface area contributed by atoms with Crippen molar-refractivity contribution in [3.63, 3.8) is 0 Å². The van der Waals surface area contributed by atoms with Crippen molar-refractivity contribution in [3.8, 4) is 22.5 Å². The first-order valence-corrected chi connectivity index (χ1v) is 14.2. The Morgan fingerprint density at radius 3 is 1.97 bits per heavy atom. The molecular weight excluding hydrogens is 470 g/mol. The van der Waals surface area contributed by atoms with Gasteiger partial charge in [0.15, 0.2) is 5.82 Å². The summed E-state index contributed by atoms with van der Waals surface area (Å²) in [5.74, 6) is 1.90. The third-order valence-electron chi connectivity index (χ3n) is 7.17. The number of hydrogen-bond donors (Lipinski definition) is 1. The SMILES string of the molecule is CC.CCC1CCC(c2ccc(-c3cnc(-c4ccc(CC(N)C(=O)OC(C)(C)C)cc4)nc3)cc2)CC1. The highest BCUT2D eigenvalue weighted by Gasteiger charge is 2.23. The molecule has 0 aliphatic heterocycles. The Kier molecular flexibility index (Phi) is 10.6. The molecule has 0 saturated heterocycles. The third-order valence-corrected chi connectivity index (χ3v) is 7.17. The van der Waals surface area contributed by atoms with Crippen LogP contribution in [0.1, 0.15) is 90.7 Å². The third kappa shape index (κ3) is 8.22. The van der Waals surface area contributed by atoms with E-state index in [0.29, 0.717) is 18.2 Å². The van der Waals surface area contributed by atoms with Gasteiger partial charge in [0.05, 0.1) is 0 Å². The molecule has 204 valence electrons. The summed E-state index contributed by atoms with van der Waals surface area (Å²) in [6.45, 7) is 11.8. The molecule has 0 spiro atoms. The Morgan fingerprint density at radius 2 is 1.45 bits per heavy atom. The van der Waals surface area contributed by atoms with Crippen molar-refractivity contribution < 1.29 is 9.53 Å². The number of ether oxygens (including phenoxy) is 1. The lowest BCUT2D eigenvalue weighted by atomic mass is 9.78. The topological polar surface area (TPSA) is 78.1 Å². The minimum absolute atomic E-state index is 0.387. The fraction of sp³-hybridized carbons (Fsp3) is 0.485. The summed E-state index contributed by atoms with van der Waals surface area (Å²) < 4.78 is 5.37. The van der Waals surface area contributed by atoms with E-state index < -0.39 is 11.6 Å². The monoisotopic (exact) mass is 515 g/mol. The number of aromatic nitrogens is 2. The number of benzene rings is 2. The van der Waals surface area contributed by atoms with Crippen molar-refractivity contribution in [1.29, 1.82) is 0 Å². The number of esters is 1. The van der Waals surface area contributed by atoms with Crippen molar-refractivity contribution in [2.45, 2.75) is 97.6 Å². The summed E-state index contributed by atoms with van der Waals surface area (Å²) in [5, 5.41) is 0. The molecule has 0 radical (unpaired) electrons. The van der Waals surface area contributed by atoms with Crippen molar-refractivity contribution >= 4 is 5.97 Å². The van der Waals surface area contributed by atoms with Crippen LogP contribution in [0.15, 0.2) is 60.9 Å². The highest BCUT2D eigenvalue weighted by Crippen LogP contribution is 2.37. The van der Waals surface area contributed by atoms with Crippen LogP contribution in [0.25, 0.3) is 22.5 Å². The second-order valence-electron chi connectivity index (χ2n) is 11.1. The lowest BCUT2D eigenvalue weighted by molar-refractivity contribution is -0.156. The molecule has 5 nitrogen and oxygen atoms in total. The van der Waals surface area contributed by atoms with E-state index in [1.54, 1.807) is 0 Å². The highest BCUT2D eigenvalue weighted by molar-refractivity contribution is 5.76. The summed E-state index contributed by atoms with van der Waals surface area (Å²) in [4.78, 5) is 21.4. The first kappa shape index (κ1) is 29.5. The lowest BCUT2D eigenvalue weighted by Gasteiger charge is -2.28. The van der Waals surface area contributed by atoms with Crippen LogP contribution in [0.3, 0.4) is 0 Å². The van der Waals surface area contributed by atoms with E-state index in [1.165, 1.54) is 37.7 Å². The zero-order chi connectivity index (χ0) is 27.7. The van der Waals surface area contributed by atoms with Crippen LogP contribution < -0.4 is 5.73 Å². The Hall–Kier alpha value is -3.05. The lowest BCUT2D eigenvalue weighted by Crippen LogP contribution is -2.38. The molecule has 0 bridgehead atoms. The maximum Gasteiger partial charge on any atom is 0.323 e. The van der Waals surface area contributed by atoms with Gasteiger partial charge in [-0.1, -0.05) is 75.7 Å². The standard InChI is InChI=1S/C31H39N3O2.C2H6/c1-5-21-6-10-23(11-7-21)24-14-16-25(17-15-24)27-19-33-29(34-20-27)26-12-8-22(9-13-26)18-28(32)30(35)36-31(2,3)4;1-2/h8-9,12-17,19-21,23,28H,5-7,10-11,18,32H2,1-4H3;1-2H3. The van der Waals surface area contributed by atoms with E-state index in [1.807, 2.05) is 71.3 Å². The van der Waals surface area contributed by atoms with Gasteiger partial charge in [0, 0.05) is 23.5 Å². The molecule has 3 aromatic rings. The Morgan fingerprint density at radius 1 is 0.895 bits per heavy atom. The largest absolute Gasteiger partial charge is 0.459 e. The molecule has 38 heavy (non-hydrogen) atoms. The van der Waals surface area contributed by atoms with Crippen molar-refractivity contribution in [2.75, 3.05) is 0 Å². The Balaban J connectivity index is 0.00000195. The van der Waals surface area contributed by atoms with Crippen LogP contribution in [0.4, 0.5) is 0 Å². The van der Waals surface area contributed by atoms with E-state index in [0.717, 1.165) is 28.2 Å². The summed E-state index contributed by atoms with van der Waals surface area (Å²) in [7, 11) is 0. The maximum absolute atomic E-state index is 12.2. The van der Waals surface area contributed by atoms with Crippen LogP contribution in [-0.4, -0.2) is 27.6 Å². The Labute approximate surface area is 229 Å². The minimum atomic E-state index is -0.691. The van der Waals surface area contributed by atoms with Crippen LogP contribution in [0.2, 0.25) is 0 Å². The number of carbonyl (C=O) groups excluding carboxylic acids is 1. The quantitative estimate of drug-likeness (QED) is 0.326. The number of carbonyl (C=O) groups is 1. The van der Waals surface area contributed by atoms with Crippen LogP contribution in [0, 0.1) is 5.92 Å². The van der Waals surface area contributed by atoms with Crippen molar-refractivity contribution in [2.24, 2.45) is 11.7 Å². The van der Waals surface area contributed by atoms with Crippen molar-refractivity contribution in [1.82, 2.24) is 9.97 Å². The van der Waals surface area contributed by atoms with E-state index in [4.69, 9.17) is 10.5 Å². The highest BCUT2D eigenvalue weighted by atomic mass is 16.6. The second-order valence-corrected chi connectivity index (χ2v) is 11.1. The molecule has 1 heterocycles. The number of nitrogens with zero attached hydrogens (tertiary/aromatic N) is 2. The van der Waals surface area contributed by atoms with Crippen LogP contribution in [-0.2, 0) is 16.0 Å². The average Bonchev–Trinajstić information content (AvgIpc) is 2.94. The minimum Gasteiger partial charge on any atom is -0.459 e. The molecule has 1 fully saturated rings. The average molecular weight is 516 g/mol. The van der Waals surface area contributed by atoms with E-state index in [9.17, 15) is 4.79 Å². The normalized spacial score (nSPS) is 18.2. The molecule has 2 aromatic carbocycles. The van der Waals surface area contributed by atoms with Crippen LogP contribution >= 0.6 is 0 Å². The fourth-order valence-electron chi connectivity index (χ4n) is 4.98. The molecule has 0 amide bonds. The second kappa shape index (κ2) is 13.7. The molecule has 1 saturated carbocycles. The zero-order valence-corrected chi connectivity index (χ0v) is 24.0. The molecule has 1 atom stereocenters. The summed E-state index contributed by atoms with van der Waals surface area (Å²) in [6, 6.07) is 16.1. The van der Waals surface area contributed by atoms with E-state index >= 15 is 0 Å². The molecule has 4 rings (SSSR count). The van der Waals surface area contributed by atoms with E-state index in [-0.39, 0.29) is 5.97 Å². The van der Waals surface area contributed by atoms with Gasteiger partial charge in [-0.2, -0.15) is 0 Å². The summed E-state index contributed by atoms with van der Waals surface area (Å²) in [6.07, 6.45) is 10.8. The number of nitrogens with two attached hydrogens (primary N) is 1. The first-order valence-electron chi connectivity index (χ1n) is 14.2. The zero-order valence-electron chi connectivity index (χ0n) is 24.0. The molecule has 1 unspecified atom stereocenters. The number of rotatable bonds is 7. The summed E-state index contributed by atoms with van der Waals surface area (Å²) >= 11 is 0. The predicted molar refractivity (Wildman–Crippen MR) is 157 cm³/mol. The molecule has 1 aliphatic rings. The predicted octanol–water partition coefficient (Wildman–Crippen LogP) is 7.73. The molecule has 2 N–H and O–H groups in total. The first-order chi connectivity index (χ1) is 18.2. The van der Waals surface area contributed by atoms with Crippen LogP contribution in [0.5, 0.6) is 0 Å². The van der Waals surface area contributed by atoms with Gasteiger partial charge >= 0.3 is 5.97 Å². The van der Waals surface area contributed by atoms with Gasteiger partial charge in [-0.05, 0) is 81.4 Å². The molecule has 5 heteroatoms. The smallest absolute Gasteiger partial charge is 0.323 e. The van der Waals surface area contributed by atoms with Gasteiger partial charge in [0.2, 0.25) is 0 Å². The molecule has 1 aliphatic carbocycles. The maximum atomic E-state index is 12.2. The summed E-state index contributed by atoms with van der Waals surface area (Å²) in [5.41, 5.74) is 11.0. The fourth-order valence-corrected chi connectivity index (χ4v) is 4.98. The van der Waals surface area contributed by atoms with Gasteiger partial charge in [0.1, 0.15) is 11.6 Å². The van der Waals surface area contributed by atoms with E-state index in [2.05, 4.69) is 41.2 Å².